The molecule has 2 rings (SSSR count). The molecule has 0 spiro atoms. The zero-order valence-electron chi connectivity index (χ0n) is 9.38. The minimum atomic E-state index is -0.370. The van der Waals surface area contributed by atoms with E-state index in [4.69, 9.17) is 9.84 Å². The van der Waals surface area contributed by atoms with E-state index in [1.54, 1.807) is 30.3 Å². The van der Waals surface area contributed by atoms with Gasteiger partial charge in [0, 0.05) is 0 Å². The van der Waals surface area contributed by atoms with Gasteiger partial charge in [0.1, 0.15) is 12.4 Å². The molecule has 1 aliphatic heterocycles. The van der Waals surface area contributed by atoms with Crippen LogP contribution in [0.2, 0.25) is 0 Å². The Morgan fingerprint density at radius 3 is 2.56 bits per heavy atom. The third-order valence-corrected chi connectivity index (χ3v) is 2.99. The maximum absolute atomic E-state index is 11.3. The van der Waals surface area contributed by atoms with Crippen LogP contribution < -0.4 is 10.1 Å². The summed E-state index contributed by atoms with van der Waals surface area (Å²) in [5.41, 5.74) is 0.804. The van der Waals surface area contributed by atoms with Gasteiger partial charge >= 0.3 is 0 Å². The van der Waals surface area contributed by atoms with E-state index in [1.807, 2.05) is 0 Å². The number of nitrogens with one attached hydrogen (secondary N) is 1. The molecule has 0 bridgehead atoms. The number of aliphatic hydroxyl groups excluding tert-OH is 1. The molecule has 0 atom stereocenters. The molecule has 94 valence electrons. The first-order chi connectivity index (χ1) is 8.69. The number of benzene rings is 1. The lowest BCUT2D eigenvalue weighted by Gasteiger charge is -2.03. The number of rotatable bonds is 4. The summed E-state index contributed by atoms with van der Waals surface area (Å²) in [5, 5.41) is 10.5. The maximum Gasteiger partial charge on any atom is 0.290 e. The van der Waals surface area contributed by atoms with Gasteiger partial charge in [-0.2, -0.15) is 0 Å². The fourth-order valence-corrected chi connectivity index (χ4v) is 2.08. The number of thioether (sulfide) groups is 1. The summed E-state index contributed by atoms with van der Waals surface area (Å²) < 4.78 is 5.21. The Hall–Kier alpha value is -1.79. The molecule has 2 amide bonds. The van der Waals surface area contributed by atoms with Gasteiger partial charge in [-0.1, -0.05) is 12.1 Å². The molecule has 1 aromatic rings. The van der Waals surface area contributed by atoms with E-state index in [-0.39, 0.29) is 24.4 Å². The van der Waals surface area contributed by atoms with Gasteiger partial charge < -0.3 is 9.84 Å². The largest absolute Gasteiger partial charge is 0.491 e. The van der Waals surface area contributed by atoms with E-state index < -0.39 is 0 Å². The average Bonchev–Trinajstić information content (AvgIpc) is 2.67. The second-order valence-corrected chi connectivity index (χ2v) is 4.51. The highest BCUT2D eigenvalue weighted by atomic mass is 32.2. The van der Waals surface area contributed by atoms with E-state index in [1.165, 1.54) is 0 Å². The molecule has 1 fully saturated rings. The first kappa shape index (κ1) is 12.7. The lowest BCUT2D eigenvalue weighted by molar-refractivity contribution is -0.115. The highest BCUT2D eigenvalue weighted by Gasteiger charge is 2.24. The molecule has 1 aliphatic rings. The van der Waals surface area contributed by atoms with E-state index >= 15 is 0 Å². The van der Waals surface area contributed by atoms with Crippen molar-refractivity contribution in [2.45, 2.75) is 0 Å². The van der Waals surface area contributed by atoms with Crippen molar-refractivity contribution in [2.24, 2.45) is 0 Å². The topological polar surface area (TPSA) is 75.6 Å². The van der Waals surface area contributed by atoms with Gasteiger partial charge in [0.05, 0.1) is 11.5 Å². The normalized spacial score (nSPS) is 17.1. The van der Waals surface area contributed by atoms with Gasteiger partial charge in [0.25, 0.3) is 11.1 Å². The predicted octanol–water partition coefficient (Wildman–Crippen LogP) is 1.38. The quantitative estimate of drug-likeness (QED) is 0.804. The second kappa shape index (κ2) is 5.70. The van der Waals surface area contributed by atoms with Gasteiger partial charge in [-0.3, -0.25) is 14.9 Å². The van der Waals surface area contributed by atoms with Crippen molar-refractivity contribution in [1.82, 2.24) is 5.32 Å². The minimum absolute atomic E-state index is 0.0370. The Labute approximate surface area is 108 Å². The van der Waals surface area contributed by atoms with Gasteiger partial charge in [0.2, 0.25) is 0 Å². The van der Waals surface area contributed by atoms with Crippen LogP contribution in [0.15, 0.2) is 29.2 Å². The van der Waals surface area contributed by atoms with Gasteiger partial charge in [0.15, 0.2) is 0 Å². The molecule has 18 heavy (non-hydrogen) atoms. The first-order valence-corrected chi connectivity index (χ1v) is 6.09. The number of ether oxygens (including phenoxy) is 1. The lowest BCUT2D eigenvalue weighted by atomic mass is 10.2. The maximum atomic E-state index is 11.3. The number of imide groups is 1. The van der Waals surface area contributed by atoms with Crippen LogP contribution in [0.3, 0.4) is 0 Å². The number of carbonyl (C=O) groups is 2. The van der Waals surface area contributed by atoms with Crippen molar-refractivity contribution >= 4 is 29.0 Å². The highest BCUT2D eigenvalue weighted by molar-refractivity contribution is 8.18. The molecule has 2 N–H and O–H groups in total. The molecule has 5 nitrogen and oxygen atoms in total. The number of hydrogen-bond donors (Lipinski definition) is 2. The standard InChI is InChI=1S/C12H11NO4S/c14-5-6-17-9-3-1-8(2-4-9)7-10-11(15)13-12(16)18-10/h1-4,7,14H,5-6H2,(H,13,15,16)/b10-7+. The smallest absolute Gasteiger partial charge is 0.290 e. The summed E-state index contributed by atoms with van der Waals surface area (Å²) in [6, 6.07) is 7.02. The average molecular weight is 265 g/mol. The summed E-state index contributed by atoms with van der Waals surface area (Å²) in [4.78, 5) is 22.7. The molecular weight excluding hydrogens is 254 g/mol. The molecule has 0 radical (unpaired) electrons. The van der Waals surface area contributed by atoms with Gasteiger partial charge in [-0.15, -0.1) is 0 Å². The number of carbonyl (C=O) groups excluding carboxylic acids is 2. The van der Waals surface area contributed by atoms with Crippen molar-refractivity contribution in [2.75, 3.05) is 13.2 Å². The zero-order valence-corrected chi connectivity index (χ0v) is 10.2. The van der Waals surface area contributed by atoms with Crippen LogP contribution in [0.5, 0.6) is 5.75 Å². The second-order valence-electron chi connectivity index (χ2n) is 3.49. The van der Waals surface area contributed by atoms with Crippen LogP contribution in [-0.4, -0.2) is 29.5 Å². The Bertz CT molecular complexity index is 495. The minimum Gasteiger partial charge on any atom is -0.491 e. The Morgan fingerprint density at radius 2 is 2.00 bits per heavy atom. The summed E-state index contributed by atoms with van der Waals surface area (Å²) >= 11 is 0.884. The SMILES string of the molecule is O=C1NC(=O)/C(=C\c2ccc(OCCO)cc2)S1. The number of hydrogen-bond acceptors (Lipinski definition) is 5. The summed E-state index contributed by atoms with van der Waals surface area (Å²) in [5.74, 6) is 0.274. The highest BCUT2D eigenvalue weighted by Crippen LogP contribution is 2.26. The Balaban J connectivity index is 2.08. The van der Waals surface area contributed by atoms with Crippen LogP contribution in [0.1, 0.15) is 5.56 Å². The summed E-state index contributed by atoms with van der Waals surface area (Å²) in [6.07, 6.45) is 1.64. The molecule has 1 saturated heterocycles. The molecule has 0 aliphatic carbocycles. The molecule has 0 unspecified atom stereocenters. The third-order valence-electron chi connectivity index (χ3n) is 2.18. The summed E-state index contributed by atoms with van der Waals surface area (Å²) in [6.45, 7) is 0.206. The van der Waals surface area contributed by atoms with Gasteiger partial charge in [-0.25, -0.2) is 0 Å². The Morgan fingerprint density at radius 1 is 1.28 bits per heavy atom. The van der Waals surface area contributed by atoms with E-state index in [2.05, 4.69) is 5.32 Å². The fraction of sp³-hybridized carbons (Fsp3) is 0.167. The number of amides is 2. The van der Waals surface area contributed by atoms with Crippen molar-refractivity contribution in [1.29, 1.82) is 0 Å². The Kier molecular flexibility index (Phi) is 4.01. The molecule has 0 saturated carbocycles. The van der Waals surface area contributed by atoms with Crippen molar-refractivity contribution in [3.05, 3.63) is 34.7 Å². The fourth-order valence-electron chi connectivity index (χ4n) is 1.40. The number of aliphatic hydroxyl groups is 1. The third kappa shape index (κ3) is 3.12. The molecular formula is C12H11NO4S. The molecule has 1 heterocycles. The lowest BCUT2D eigenvalue weighted by Crippen LogP contribution is -2.17. The van der Waals surface area contributed by atoms with Crippen LogP contribution in [0, 0.1) is 0 Å². The molecule has 1 aromatic carbocycles. The van der Waals surface area contributed by atoms with Gasteiger partial charge in [-0.05, 0) is 35.5 Å². The van der Waals surface area contributed by atoms with E-state index in [0.717, 1.165) is 17.3 Å². The van der Waals surface area contributed by atoms with Crippen molar-refractivity contribution in [3.8, 4) is 5.75 Å². The van der Waals surface area contributed by atoms with E-state index in [9.17, 15) is 9.59 Å². The molecule has 6 heteroatoms. The zero-order chi connectivity index (χ0) is 13.0. The summed E-state index contributed by atoms with van der Waals surface area (Å²) in [7, 11) is 0. The van der Waals surface area contributed by atoms with Crippen molar-refractivity contribution in [3.63, 3.8) is 0 Å². The van der Waals surface area contributed by atoms with Crippen LogP contribution in [0.25, 0.3) is 6.08 Å². The van der Waals surface area contributed by atoms with E-state index in [0.29, 0.717) is 10.7 Å². The first-order valence-electron chi connectivity index (χ1n) is 5.27. The molecule has 0 aromatic heterocycles. The van der Waals surface area contributed by atoms with Crippen LogP contribution >= 0.6 is 11.8 Å². The van der Waals surface area contributed by atoms with Crippen LogP contribution in [0.4, 0.5) is 4.79 Å². The van der Waals surface area contributed by atoms with Crippen LogP contribution in [-0.2, 0) is 4.79 Å². The van der Waals surface area contributed by atoms with Crippen molar-refractivity contribution < 1.29 is 19.4 Å². The predicted molar refractivity (Wildman–Crippen MR) is 68.1 cm³/mol. The monoisotopic (exact) mass is 265 g/mol.